The minimum absolute atomic E-state index is 0. The first-order valence-corrected chi connectivity index (χ1v) is 15.6. The average Bonchev–Trinajstić information content (AvgIpc) is 3.16. The Balaban J connectivity index is 0.000000383. The number of hydrogen-bond donors (Lipinski definition) is 4. The zero-order chi connectivity index (χ0) is 35.8. The first-order chi connectivity index (χ1) is 24.4. The molecule has 0 aliphatic carbocycles. The van der Waals surface area contributed by atoms with Crippen LogP contribution in [-0.2, 0) is 48.4 Å². The molecule has 0 unspecified atom stereocenters. The van der Waals surface area contributed by atoms with E-state index in [1.807, 2.05) is 0 Å². The monoisotopic (exact) mass is 810 g/mol. The Kier molecular flexibility index (Phi) is 23.7. The predicted molar refractivity (Wildman–Crippen MR) is 184 cm³/mol. The van der Waals surface area contributed by atoms with E-state index >= 15 is 0 Å². The second-order valence-electron chi connectivity index (χ2n) is 10.1. The molecule has 0 spiro atoms. The van der Waals surface area contributed by atoms with Crippen molar-refractivity contribution >= 4 is 24.2 Å². The smallest absolute Gasteiger partial charge is 0.872 e. The Morgan fingerprint density at radius 1 is 0.538 bits per heavy atom. The van der Waals surface area contributed by atoms with Crippen molar-refractivity contribution in [2.75, 3.05) is 52.6 Å². The van der Waals surface area contributed by atoms with E-state index in [2.05, 4.69) is 31.0 Å². The summed E-state index contributed by atoms with van der Waals surface area (Å²) in [6, 6.07) is 24.6. The van der Waals surface area contributed by atoms with Gasteiger partial charge in [-0.05, 0) is 23.3 Å². The fourth-order valence-corrected chi connectivity index (χ4v) is 3.91. The first-order valence-electron chi connectivity index (χ1n) is 15.6. The summed E-state index contributed by atoms with van der Waals surface area (Å²) in [5, 5.41) is 85.2. The van der Waals surface area contributed by atoms with Gasteiger partial charge in [0.25, 0.3) is 0 Å². The average molecular weight is 814 g/mol. The molecule has 0 saturated carbocycles. The van der Waals surface area contributed by atoms with E-state index in [9.17, 15) is 30.6 Å². The number of morpholine rings is 2. The summed E-state index contributed by atoms with van der Waals surface area (Å²) in [5.74, 6) is -2.05. The Hall–Kier alpha value is -4.55. The molecule has 14 nitrogen and oxygen atoms in total. The summed E-state index contributed by atoms with van der Waals surface area (Å²) < 4.78 is 10.0. The Labute approximate surface area is 327 Å². The van der Waals surface area contributed by atoms with Crippen LogP contribution in [0.1, 0.15) is 22.3 Å². The third-order valence-electron chi connectivity index (χ3n) is 6.49. The van der Waals surface area contributed by atoms with Crippen molar-refractivity contribution in [1.82, 2.24) is 10.6 Å². The quantitative estimate of drug-likeness (QED) is 0.0909. The molecule has 6 rings (SSSR count). The molecule has 16 heteroatoms. The second kappa shape index (κ2) is 27.1. The molecule has 0 aromatic heterocycles. The van der Waals surface area contributed by atoms with Crippen molar-refractivity contribution in [3.8, 4) is 23.0 Å². The molecule has 4 N–H and O–H groups in total. The molecule has 2 heterocycles. The number of ether oxygens (including phenoxy) is 2. The molecule has 2 aliphatic rings. The van der Waals surface area contributed by atoms with Crippen molar-refractivity contribution in [3.05, 3.63) is 119 Å². The molecule has 4 aromatic rings. The van der Waals surface area contributed by atoms with Crippen molar-refractivity contribution < 1.29 is 79.1 Å². The van der Waals surface area contributed by atoms with Gasteiger partial charge in [0.15, 0.2) is 0 Å². The van der Waals surface area contributed by atoms with Gasteiger partial charge in [-0.3, -0.25) is 0 Å². The van der Waals surface area contributed by atoms with Crippen LogP contribution in [0, 0.1) is 0 Å². The maximum absolute atomic E-state index is 11.6. The van der Waals surface area contributed by atoms with Gasteiger partial charge in [-0.15, -0.1) is 0 Å². The Morgan fingerprint density at radius 2 is 0.865 bits per heavy atom. The summed E-state index contributed by atoms with van der Waals surface area (Å²) >= 11 is 0. The van der Waals surface area contributed by atoms with Gasteiger partial charge < -0.3 is 50.7 Å². The number of benzene rings is 4. The number of aromatic hydroxyl groups is 2. The summed E-state index contributed by atoms with van der Waals surface area (Å²) in [4.78, 5) is 0. The minimum Gasteiger partial charge on any atom is -0.872 e. The van der Waals surface area contributed by atoms with E-state index in [-0.39, 0.29) is 73.1 Å². The molecule has 264 valence electrons. The van der Waals surface area contributed by atoms with E-state index < -0.39 is 11.8 Å². The van der Waals surface area contributed by atoms with Gasteiger partial charge in [0, 0.05) is 49.1 Å². The Bertz CT molecular complexity index is 1570. The number of rotatable bonds is 6. The number of nitrogens with one attached hydrogen (secondary N) is 2. The molecule has 0 atom stereocenters. The third-order valence-corrected chi connectivity index (χ3v) is 6.49. The minimum atomic E-state index is -0.669. The fraction of sp³-hybridized carbons (Fsp3) is 0.222. The van der Waals surface area contributed by atoms with Gasteiger partial charge in [0.05, 0.1) is 38.9 Å². The van der Waals surface area contributed by atoms with E-state index in [4.69, 9.17) is 9.47 Å². The number of para-hydroxylation sites is 4. The maximum Gasteiger partial charge on any atom is 2.00 e. The Morgan fingerprint density at radius 3 is 1.15 bits per heavy atom. The van der Waals surface area contributed by atoms with Gasteiger partial charge in [0.2, 0.25) is 0 Å². The molecule has 52 heavy (non-hydrogen) atoms. The SMILES string of the molecule is C1COCCN1.C1COCCN1.[O-]/C(=N\N=C\c1ccccc1[O-])c1ccccc1O.[O-]/C(=N\N=C\c1ccccc1[O-])c1ccccc1O.[Zn+2].[Zn+2]. The summed E-state index contributed by atoms with van der Waals surface area (Å²) in [5.41, 5.74) is 0.817. The summed E-state index contributed by atoms with van der Waals surface area (Å²) in [6.45, 7) is 7.67. The van der Waals surface area contributed by atoms with Gasteiger partial charge in [0.1, 0.15) is 11.5 Å². The number of nitrogens with zero attached hydrogens (tertiary/aromatic N) is 4. The third kappa shape index (κ3) is 17.6. The van der Waals surface area contributed by atoms with Crippen LogP contribution in [0.2, 0.25) is 0 Å². The van der Waals surface area contributed by atoms with Gasteiger partial charge in [-0.1, -0.05) is 96.4 Å². The van der Waals surface area contributed by atoms with Crippen LogP contribution in [0.25, 0.3) is 0 Å². The predicted octanol–water partition coefficient (Wildman–Crippen LogP) is 0.421. The van der Waals surface area contributed by atoms with Gasteiger partial charge in [-0.2, -0.15) is 20.4 Å². The molecular formula is C36H38N6O8Zn2. The molecule has 2 fully saturated rings. The molecule has 0 bridgehead atoms. The summed E-state index contributed by atoms with van der Waals surface area (Å²) in [7, 11) is 0. The van der Waals surface area contributed by atoms with Crippen LogP contribution >= 0.6 is 0 Å². The van der Waals surface area contributed by atoms with Gasteiger partial charge >= 0.3 is 39.0 Å². The molecule has 4 aromatic carbocycles. The van der Waals surface area contributed by atoms with E-state index in [0.717, 1.165) is 52.6 Å². The molecule has 0 amide bonds. The number of phenolic OH excluding ortho intramolecular Hbond substituents is 2. The van der Waals surface area contributed by atoms with Crippen LogP contribution in [0.4, 0.5) is 0 Å². The second-order valence-corrected chi connectivity index (χ2v) is 10.1. The molecule has 2 saturated heterocycles. The summed E-state index contributed by atoms with van der Waals surface area (Å²) in [6.07, 6.45) is 2.42. The van der Waals surface area contributed by atoms with E-state index in [1.54, 1.807) is 60.7 Å². The fourth-order valence-electron chi connectivity index (χ4n) is 3.91. The number of phenols is 2. The zero-order valence-electron chi connectivity index (χ0n) is 28.6. The van der Waals surface area contributed by atoms with Crippen LogP contribution in [-0.4, -0.2) is 87.0 Å². The topological polar surface area (TPSA) is 225 Å². The van der Waals surface area contributed by atoms with E-state index in [0.29, 0.717) is 11.1 Å². The van der Waals surface area contributed by atoms with Crippen molar-refractivity contribution in [3.63, 3.8) is 0 Å². The van der Waals surface area contributed by atoms with Crippen molar-refractivity contribution in [2.24, 2.45) is 20.4 Å². The van der Waals surface area contributed by atoms with Crippen LogP contribution < -0.4 is 31.1 Å². The number of hydrogen-bond acceptors (Lipinski definition) is 14. The maximum atomic E-state index is 11.6. The standard InChI is InChI=1S/2C14H12N2O3.2C4H9NO.2Zn/c2*17-12-7-3-1-5-10(12)9-15-16-14(19)11-6-2-4-8-13(11)18;2*1-3-6-4-2-5-1;;/h2*1-9,17-18H,(H,16,19);2*5H,1-4H2;;/q;;;;2*+2/p-4/b2*15-9+;;;;. The van der Waals surface area contributed by atoms with Crippen LogP contribution in [0.15, 0.2) is 117 Å². The van der Waals surface area contributed by atoms with Gasteiger partial charge in [-0.25, -0.2) is 0 Å². The van der Waals surface area contributed by atoms with Crippen molar-refractivity contribution in [1.29, 1.82) is 0 Å². The molecular weight excluding hydrogens is 775 g/mol. The molecule has 2 aliphatic heterocycles. The van der Waals surface area contributed by atoms with Crippen molar-refractivity contribution in [2.45, 2.75) is 0 Å². The van der Waals surface area contributed by atoms with Crippen LogP contribution in [0.5, 0.6) is 23.0 Å². The largest absolute Gasteiger partial charge is 2.00 e. The normalized spacial score (nSPS) is 14.2. The first kappa shape index (κ1) is 45.5. The van der Waals surface area contributed by atoms with Crippen LogP contribution in [0.3, 0.4) is 0 Å². The molecule has 0 radical (unpaired) electrons. The van der Waals surface area contributed by atoms with E-state index in [1.165, 1.54) is 48.8 Å². The zero-order valence-corrected chi connectivity index (χ0v) is 34.5.